The highest BCUT2D eigenvalue weighted by Gasteiger charge is 2.24. The number of likely N-dealkylation sites (tertiary alicyclic amines) is 1. The van der Waals surface area contributed by atoms with Crippen LogP contribution >= 0.6 is 0 Å². The number of allylic oxidation sites excluding steroid dienone is 3. The summed E-state index contributed by atoms with van der Waals surface area (Å²) < 4.78 is 5.18. The van der Waals surface area contributed by atoms with Crippen molar-refractivity contribution in [1.29, 1.82) is 0 Å². The van der Waals surface area contributed by atoms with Gasteiger partial charge in [-0.3, -0.25) is 4.99 Å². The topological polar surface area (TPSA) is 57.1 Å². The maximum absolute atomic E-state index is 10.9. The molecule has 1 saturated heterocycles. The van der Waals surface area contributed by atoms with E-state index in [0.717, 1.165) is 18.5 Å². The Kier molecular flexibility index (Phi) is 15.2. The number of hydrogen-bond donors (Lipinski definition) is 2. The van der Waals surface area contributed by atoms with Crippen LogP contribution in [0, 0.1) is 5.92 Å². The summed E-state index contributed by atoms with van der Waals surface area (Å²) in [4.78, 5) is 6.69. The van der Waals surface area contributed by atoms with E-state index in [0.29, 0.717) is 36.4 Å². The zero-order chi connectivity index (χ0) is 23.8. The Morgan fingerprint density at radius 2 is 1.97 bits per heavy atom. The lowest BCUT2D eigenvalue weighted by Crippen LogP contribution is -2.40. The first-order valence-corrected chi connectivity index (χ1v) is 12.3. The highest BCUT2D eigenvalue weighted by Crippen LogP contribution is 2.23. The molecule has 1 aliphatic rings. The molecule has 1 heterocycles. The van der Waals surface area contributed by atoms with Gasteiger partial charge in [-0.05, 0) is 69.3 Å². The van der Waals surface area contributed by atoms with E-state index in [2.05, 4.69) is 48.9 Å². The number of nitrogens with one attached hydrogen (secondary N) is 1. The summed E-state index contributed by atoms with van der Waals surface area (Å²) in [6, 6.07) is 0.398. The molecule has 5 heteroatoms. The maximum atomic E-state index is 10.9. The van der Waals surface area contributed by atoms with Crippen LogP contribution in [0.2, 0.25) is 0 Å². The first-order valence-electron chi connectivity index (χ1n) is 12.3. The Morgan fingerprint density at radius 1 is 1.25 bits per heavy atom. The van der Waals surface area contributed by atoms with Crippen molar-refractivity contribution in [2.75, 3.05) is 39.9 Å². The van der Waals surface area contributed by atoms with E-state index < -0.39 is 6.10 Å². The third kappa shape index (κ3) is 10.4. The number of methoxy groups -OCH3 is 1. The molecule has 0 aromatic heterocycles. The number of unbranched alkanes of at least 4 members (excludes halogenated alkanes) is 4. The summed E-state index contributed by atoms with van der Waals surface area (Å²) in [6.45, 7) is 20.5. The minimum absolute atomic E-state index is 0.398. The molecule has 1 rings (SSSR count). The molecule has 3 unspecified atom stereocenters. The van der Waals surface area contributed by atoms with Crippen LogP contribution in [0.4, 0.5) is 0 Å². The van der Waals surface area contributed by atoms with Crippen molar-refractivity contribution in [3.05, 3.63) is 48.2 Å². The fourth-order valence-electron chi connectivity index (χ4n) is 4.24. The lowest BCUT2D eigenvalue weighted by atomic mass is 9.95. The summed E-state index contributed by atoms with van der Waals surface area (Å²) >= 11 is 0. The second-order valence-corrected chi connectivity index (χ2v) is 8.89. The fraction of sp³-hybridized carbons (Fsp3) is 0.667. The molecule has 182 valence electrons. The summed E-state index contributed by atoms with van der Waals surface area (Å²) in [5.74, 6) is 0.579. The Hall–Kier alpha value is -1.53. The maximum Gasteiger partial charge on any atom is 0.0915 e. The van der Waals surface area contributed by atoms with Crippen molar-refractivity contribution in [2.45, 2.75) is 70.9 Å². The molecule has 0 aliphatic carbocycles. The van der Waals surface area contributed by atoms with Gasteiger partial charge in [0, 0.05) is 25.3 Å². The molecule has 0 spiro atoms. The number of nitrogens with zero attached hydrogens (tertiary/aromatic N) is 2. The summed E-state index contributed by atoms with van der Waals surface area (Å²) in [6.07, 6.45) is 13.6. The average molecular weight is 446 g/mol. The average Bonchev–Trinajstić information content (AvgIpc) is 2.97. The molecule has 0 radical (unpaired) electrons. The van der Waals surface area contributed by atoms with E-state index in [9.17, 15) is 5.11 Å². The monoisotopic (exact) mass is 445 g/mol. The zero-order valence-corrected chi connectivity index (χ0v) is 20.8. The Labute approximate surface area is 197 Å². The van der Waals surface area contributed by atoms with Gasteiger partial charge in [-0.1, -0.05) is 58.8 Å². The number of aliphatic hydroxyl groups is 1. The van der Waals surface area contributed by atoms with Gasteiger partial charge in [0.05, 0.1) is 18.4 Å². The van der Waals surface area contributed by atoms with Crippen LogP contribution in [0.5, 0.6) is 0 Å². The van der Waals surface area contributed by atoms with E-state index in [1.807, 2.05) is 6.08 Å². The quantitative estimate of drug-likeness (QED) is 0.201. The van der Waals surface area contributed by atoms with Crippen LogP contribution in [0.15, 0.2) is 53.2 Å². The van der Waals surface area contributed by atoms with Gasteiger partial charge in [-0.25, -0.2) is 0 Å². The molecule has 32 heavy (non-hydrogen) atoms. The number of hydrogen-bond acceptors (Lipinski definition) is 5. The van der Waals surface area contributed by atoms with Crippen LogP contribution in [0.1, 0.15) is 58.8 Å². The van der Waals surface area contributed by atoms with Crippen LogP contribution < -0.4 is 5.32 Å². The van der Waals surface area contributed by atoms with Crippen molar-refractivity contribution in [3.63, 3.8) is 0 Å². The molecule has 0 aromatic carbocycles. The molecule has 0 bridgehead atoms. The molecule has 5 nitrogen and oxygen atoms in total. The van der Waals surface area contributed by atoms with Gasteiger partial charge in [-0.15, -0.1) is 0 Å². The highest BCUT2D eigenvalue weighted by atomic mass is 16.5. The second-order valence-electron chi connectivity index (χ2n) is 8.89. The number of aliphatic hydroxyl groups excluding tert-OH is 1. The van der Waals surface area contributed by atoms with Gasteiger partial charge in [0.15, 0.2) is 0 Å². The largest absolute Gasteiger partial charge is 0.387 e. The van der Waals surface area contributed by atoms with E-state index in [1.165, 1.54) is 51.6 Å². The van der Waals surface area contributed by atoms with Crippen LogP contribution in [0.3, 0.4) is 0 Å². The number of rotatable bonds is 16. The Balaban J connectivity index is 2.61. The normalized spacial score (nSPS) is 21.8. The highest BCUT2D eigenvalue weighted by molar-refractivity contribution is 5.50. The van der Waals surface area contributed by atoms with Gasteiger partial charge >= 0.3 is 0 Å². The van der Waals surface area contributed by atoms with E-state index in [-0.39, 0.29) is 0 Å². The Bertz CT molecular complexity index is 626. The number of ether oxygens (including phenoxy) is 1. The van der Waals surface area contributed by atoms with Gasteiger partial charge in [-0.2, -0.15) is 0 Å². The minimum atomic E-state index is -0.710. The number of aliphatic imine (C=N–C) groups is 1. The predicted molar refractivity (Wildman–Crippen MR) is 138 cm³/mol. The zero-order valence-electron chi connectivity index (χ0n) is 20.8. The van der Waals surface area contributed by atoms with Gasteiger partial charge < -0.3 is 20.1 Å². The lowest BCUT2D eigenvalue weighted by molar-refractivity contribution is 0.195. The molecule has 1 fully saturated rings. The van der Waals surface area contributed by atoms with Gasteiger partial charge in [0.2, 0.25) is 0 Å². The van der Waals surface area contributed by atoms with E-state index >= 15 is 0 Å². The molecule has 0 aromatic rings. The second kappa shape index (κ2) is 17.0. The summed E-state index contributed by atoms with van der Waals surface area (Å²) in [5, 5.41) is 14.5. The van der Waals surface area contributed by atoms with E-state index in [4.69, 9.17) is 4.74 Å². The van der Waals surface area contributed by atoms with Crippen LogP contribution in [0.25, 0.3) is 0 Å². The minimum Gasteiger partial charge on any atom is -0.387 e. The van der Waals surface area contributed by atoms with Crippen molar-refractivity contribution >= 4 is 6.72 Å². The van der Waals surface area contributed by atoms with Crippen LogP contribution in [-0.2, 0) is 4.74 Å². The summed E-state index contributed by atoms with van der Waals surface area (Å²) in [5.41, 5.74) is 2.00. The molecular weight excluding hydrogens is 398 g/mol. The third-order valence-electron chi connectivity index (χ3n) is 6.42. The smallest absolute Gasteiger partial charge is 0.0915 e. The SMILES string of the molecule is C=C/C=C(N=C)\C(=C/COC)C(=C)C(O)CNC1CCN(CCCCCCC)CCC1C. The van der Waals surface area contributed by atoms with Crippen molar-refractivity contribution < 1.29 is 9.84 Å². The van der Waals surface area contributed by atoms with Gasteiger partial charge in [0.1, 0.15) is 0 Å². The lowest BCUT2D eigenvalue weighted by Gasteiger charge is -2.25. The predicted octanol–water partition coefficient (Wildman–Crippen LogP) is 4.91. The Morgan fingerprint density at radius 3 is 2.62 bits per heavy atom. The van der Waals surface area contributed by atoms with E-state index in [1.54, 1.807) is 19.3 Å². The van der Waals surface area contributed by atoms with Crippen molar-refractivity contribution in [2.24, 2.45) is 10.9 Å². The summed E-state index contributed by atoms with van der Waals surface area (Å²) in [7, 11) is 1.63. The van der Waals surface area contributed by atoms with Gasteiger partial charge in [0.25, 0.3) is 0 Å². The molecule has 2 N–H and O–H groups in total. The van der Waals surface area contributed by atoms with Crippen LogP contribution in [-0.4, -0.2) is 68.8 Å². The molecule has 0 saturated carbocycles. The standard InChI is InChI=1S/C27H47N3O2/c1-7-9-10-11-12-17-30-18-14-22(3)25(15-19-30)29-21-27(31)23(4)24(16-20-32-6)26(28-5)13-8-2/h8,13,16,22,25,27,29,31H,2,4-5,7,9-12,14-15,17-21H2,1,3,6H3/b24-16-,26-13+. The first-order chi connectivity index (χ1) is 15.5. The molecule has 1 aliphatic heterocycles. The first kappa shape index (κ1) is 28.5. The fourth-order valence-corrected chi connectivity index (χ4v) is 4.24. The molecule has 0 amide bonds. The molecule has 3 atom stereocenters. The molecular formula is C27H47N3O2. The van der Waals surface area contributed by atoms with Crippen molar-refractivity contribution in [1.82, 2.24) is 10.2 Å². The third-order valence-corrected chi connectivity index (χ3v) is 6.42. The van der Waals surface area contributed by atoms with Crippen molar-refractivity contribution in [3.8, 4) is 0 Å².